The molecule has 25 heavy (non-hydrogen) atoms. The van der Waals surface area contributed by atoms with Gasteiger partial charge in [0.25, 0.3) is 5.91 Å². The van der Waals surface area contributed by atoms with E-state index < -0.39 is 5.60 Å². The van der Waals surface area contributed by atoms with Gasteiger partial charge in [0.2, 0.25) is 11.4 Å². The molecule has 1 atom stereocenters. The van der Waals surface area contributed by atoms with Crippen LogP contribution in [0.5, 0.6) is 0 Å². The van der Waals surface area contributed by atoms with Crippen LogP contribution in [0.4, 0.5) is 5.69 Å². The zero-order chi connectivity index (χ0) is 17.8. The minimum atomic E-state index is -1.22. The van der Waals surface area contributed by atoms with Crippen molar-refractivity contribution < 1.29 is 14.3 Å². The predicted octanol–water partition coefficient (Wildman–Crippen LogP) is 3.51. The predicted molar refractivity (Wildman–Crippen MR) is 96.1 cm³/mol. The van der Waals surface area contributed by atoms with Gasteiger partial charge >= 0.3 is 0 Å². The molecule has 1 fully saturated rings. The molecule has 0 N–H and O–H groups in total. The van der Waals surface area contributed by atoms with Crippen molar-refractivity contribution in [3.63, 3.8) is 0 Å². The average Bonchev–Trinajstić information content (AvgIpc) is 3.01. The summed E-state index contributed by atoms with van der Waals surface area (Å²) in [6, 6.07) is 13.6. The molecule has 4 heteroatoms. The first kappa shape index (κ1) is 15.6. The molecule has 2 heterocycles. The zero-order valence-corrected chi connectivity index (χ0v) is 14.5. The molecule has 1 saturated heterocycles. The molecule has 0 saturated carbocycles. The Kier molecular flexibility index (Phi) is 3.32. The molecular weight excluding hydrogens is 314 g/mol. The van der Waals surface area contributed by atoms with Crippen molar-refractivity contribution >= 4 is 23.5 Å². The van der Waals surface area contributed by atoms with Gasteiger partial charge in [0.15, 0.2) is 5.76 Å². The van der Waals surface area contributed by atoms with Gasteiger partial charge in [0, 0.05) is 12.6 Å². The Morgan fingerprint density at radius 1 is 1.04 bits per heavy atom. The lowest BCUT2D eigenvalue weighted by molar-refractivity contribution is -0.135. The number of benzene rings is 2. The fourth-order valence-electron chi connectivity index (χ4n) is 3.55. The van der Waals surface area contributed by atoms with E-state index in [2.05, 4.69) is 0 Å². The summed E-state index contributed by atoms with van der Waals surface area (Å²) in [5.74, 6) is -0.0783. The summed E-state index contributed by atoms with van der Waals surface area (Å²) in [6.07, 6.45) is 1.77. The Morgan fingerprint density at radius 2 is 1.72 bits per heavy atom. The van der Waals surface area contributed by atoms with E-state index >= 15 is 0 Å². The molecule has 1 spiro atoms. The Balaban J connectivity index is 1.78. The highest BCUT2D eigenvalue weighted by Gasteiger charge is 2.58. The number of anilines is 1. The first-order chi connectivity index (χ1) is 11.9. The summed E-state index contributed by atoms with van der Waals surface area (Å²) < 4.78 is 6.04. The van der Waals surface area contributed by atoms with Crippen LogP contribution in [0.15, 0.2) is 48.2 Å². The van der Waals surface area contributed by atoms with Crippen LogP contribution in [-0.2, 0) is 19.9 Å². The molecule has 2 aliphatic rings. The van der Waals surface area contributed by atoms with E-state index in [4.69, 9.17) is 4.74 Å². The maximum Gasteiger partial charge on any atom is 0.276 e. The van der Waals surface area contributed by atoms with Crippen LogP contribution in [0.3, 0.4) is 0 Å². The average molecular weight is 333 g/mol. The second-order valence-electron chi connectivity index (χ2n) is 6.83. The number of hydrogen-bond acceptors (Lipinski definition) is 3. The van der Waals surface area contributed by atoms with Crippen molar-refractivity contribution in [2.45, 2.75) is 25.9 Å². The third-order valence-electron chi connectivity index (χ3n) is 4.94. The summed E-state index contributed by atoms with van der Waals surface area (Å²) in [7, 11) is 1.72. The maximum atomic E-state index is 12.9. The monoisotopic (exact) mass is 333 g/mol. The minimum Gasteiger partial charge on any atom is -0.468 e. The molecule has 2 aromatic carbocycles. The summed E-state index contributed by atoms with van der Waals surface area (Å²) in [6.45, 7) is 3.98. The van der Waals surface area contributed by atoms with E-state index in [9.17, 15) is 9.59 Å². The van der Waals surface area contributed by atoms with Crippen LogP contribution in [0.2, 0.25) is 0 Å². The Labute approximate surface area is 146 Å². The van der Waals surface area contributed by atoms with Gasteiger partial charge in [-0.1, -0.05) is 41.5 Å². The van der Waals surface area contributed by atoms with Gasteiger partial charge in [-0.3, -0.25) is 9.59 Å². The van der Waals surface area contributed by atoms with Crippen LogP contribution < -0.4 is 4.90 Å². The largest absolute Gasteiger partial charge is 0.468 e. The van der Waals surface area contributed by atoms with E-state index in [-0.39, 0.29) is 23.9 Å². The van der Waals surface area contributed by atoms with Crippen molar-refractivity contribution in [1.82, 2.24) is 0 Å². The molecule has 1 unspecified atom stereocenters. The molecule has 0 aliphatic carbocycles. The number of aryl methyl sites for hydroxylation is 2. The normalized spacial score (nSPS) is 23.5. The number of ketones is 1. The number of fused-ring (bicyclic) bond motifs is 2. The molecular formula is C21H19NO3. The number of amides is 1. The van der Waals surface area contributed by atoms with E-state index in [1.807, 2.05) is 56.3 Å². The number of carbonyl (C=O) groups excluding carboxylic acids is 2. The summed E-state index contributed by atoms with van der Waals surface area (Å²) in [4.78, 5) is 27.1. The number of allylic oxidation sites excluding steroid dienone is 1. The molecule has 2 aromatic rings. The summed E-state index contributed by atoms with van der Waals surface area (Å²) in [5.41, 5.74) is 3.43. The van der Waals surface area contributed by atoms with Crippen molar-refractivity contribution in [2.75, 3.05) is 11.9 Å². The minimum absolute atomic E-state index is 0.0460. The number of carbonyl (C=O) groups is 2. The molecule has 2 aliphatic heterocycles. The van der Waals surface area contributed by atoms with Crippen molar-refractivity contribution in [1.29, 1.82) is 0 Å². The highest BCUT2D eigenvalue weighted by Crippen LogP contribution is 2.49. The number of Topliss-reactive ketones (excluding diaryl/α,β-unsaturated/α-hetero) is 1. The zero-order valence-electron chi connectivity index (χ0n) is 14.5. The van der Waals surface area contributed by atoms with E-state index in [1.54, 1.807) is 18.0 Å². The fourth-order valence-corrected chi connectivity index (χ4v) is 3.55. The Morgan fingerprint density at radius 3 is 2.44 bits per heavy atom. The first-order valence-corrected chi connectivity index (χ1v) is 8.30. The Bertz CT molecular complexity index is 927. The lowest BCUT2D eigenvalue weighted by Gasteiger charge is -2.21. The van der Waals surface area contributed by atoms with Gasteiger partial charge in [-0.2, -0.15) is 0 Å². The highest BCUT2D eigenvalue weighted by atomic mass is 16.5. The van der Waals surface area contributed by atoms with Gasteiger partial charge < -0.3 is 9.64 Å². The van der Waals surface area contributed by atoms with E-state index in [0.29, 0.717) is 0 Å². The van der Waals surface area contributed by atoms with Crippen LogP contribution >= 0.6 is 0 Å². The molecule has 4 nitrogen and oxygen atoms in total. The van der Waals surface area contributed by atoms with E-state index in [0.717, 1.165) is 27.9 Å². The molecule has 0 bridgehead atoms. The van der Waals surface area contributed by atoms with Gasteiger partial charge in [-0.15, -0.1) is 0 Å². The van der Waals surface area contributed by atoms with Crippen molar-refractivity contribution in [2.24, 2.45) is 0 Å². The maximum absolute atomic E-state index is 12.9. The molecule has 1 amide bonds. The quantitative estimate of drug-likeness (QED) is 0.750. The summed E-state index contributed by atoms with van der Waals surface area (Å²) >= 11 is 0. The number of ether oxygens (including phenoxy) is 1. The third-order valence-corrected chi connectivity index (χ3v) is 4.94. The van der Waals surface area contributed by atoms with Crippen LogP contribution in [0.1, 0.15) is 28.7 Å². The van der Waals surface area contributed by atoms with Gasteiger partial charge in [-0.05, 0) is 37.6 Å². The second kappa shape index (κ2) is 5.31. The van der Waals surface area contributed by atoms with Crippen LogP contribution in [0.25, 0.3) is 6.08 Å². The first-order valence-electron chi connectivity index (χ1n) is 8.30. The summed E-state index contributed by atoms with van der Waals surface area (Å²) in [5, 5.41) is 0. The fraction of sp³-hybridized carbons (Fsp3) is 0.238. The van der Waals surface area contributed by atoms with E-state index in [1.165, 1.54) is 0 Å². The number of nitrogens with zero attached hydrogens (tertiary/aromatic N) is 1. The lowest BCUT2D eigenvalue weighted by Crippen LogP contribution is -2.38. The number of hydrogen-bond donors (Lipinski definition) is 0. The lowest BCUT2D eigenvalue weighted by atomic mass is 9.91. The smallest absolute Gasteiger partial charge is 0.276 e. The van der Waals surface area contributed by atoms with Crippen LogP contribution in [-0.4, -0.2) is 18.7 Å². The van der Waals surface area contributed by atoms with Gasteiger partial charge in [0.1, 0.15) is 0 Å². The van der Waals surface area contributed by atoms with Crippen molar-refractivity contribution in [3.8, 4) is 0 Å². The number of rotatable bonds is 1. The molecule has 0 radical (unpaired) electrons. The standard InChI is InChI=1S/C21H19NO3/c1-13-4-7-15(8-5-13)11-19-18(23)12-21(25-19)16-10-14(2)6-9-17(16)22(3)20(21)24/h4-11H,12H2,1-3H3/b19-11+. The highest BCUT2D eigenvalue weighted by molar-refractivity contribution is 6.13. The van der Waals surface area contributed by atoms with Gasteiger partial charge in [-0.25, -0.2) is 0 Å². The number of likely N-dealkylation sites (N-methyl/N-ethyl adjacent to an activating group) is 1. The third kappa shape index (κ3) is 2.29. The Hall–Kier alpha value is -2.88. The topological polar surface area (TPSA) is 46.6 Å². The van der Waals surface area contributed by atoms with Gasteiger partial charge in [0.05, 0.1) is 12.1 Å². The second-order valence-corrected chi connectivity index (χ2v) is 6.83. The van der Waals surface area contributed by atoms with Crippen molar-refractivity contribution in [3.05, 3.63) is 70.5 Å². The molecule has 126 valence electrons. The van der Waals surface area contributed by atoms with Crippen LogP contribution in [0, 0.1) is 13.8 Å². The molecule has 0 aromatic heterocycles. The SMILES string of the molecule is Cc1ccc(/C=C2/OC3(CC2=O)C(=O)N(C)c2ccc(C)cc23)cc1. The molecule has 4 rings (SSSR count).